The van der Waals surface area contributed by atoms with Crippen molar-refractivity contribution in [2.75, 3.05) is 18.0 Å². The highest BCUT2D eigenvalue weighted by atomic mass is 19.1. The Bertz CT molecular complexity index is 808. The van der Waals surface area contributed by atoms with Gasteiger partial charge in [-0.05, 0) is 51.7 Å². The van der Waals surface area contributed by atoms with E-state index in [0.717, 1.165) is 19.3 Å². The first kappa shape index (κ1) is 22.1. The van der Waals surface area contributed by atoms with Crippen LogP contribution in [0, 0.1) is 17.7 Å². The van der Waals surface area contributed by atoms with Gasteiger partial charge in [0, 0.05) is 25.6 Å². The van der Waals surface area contributed by atoms with Gasteiger partial charge < -0.3 is 20.3 Å². The molecule has 2 fully saturated rings. The lowest BCUT2D eigenvalue weighted by molar-refractivity contribution is -0.127. The number of benzene rings is 1. The maximum atomic E-state index is 14.0. The first-order chi connectivity index (χ1) is 14.1. The molecule has 164 valence electrons. The monoisotopic (exact) mass is 419 g/mol. The summed E-state index contributed by atoms with van der Waals surface area (Å²) in [5, 5.41) is 5.83. The van der Waals surface area contributed by atoms with Crippen molar-refractivity contribution in [3.8, 4) is 0 Å². The van der Waals surface area contributed by atoms with Gasteiger partial charge in [-0.2, -0.15) is 0 Å². The van der Waals surface area contributed by atoms with E-state index >= 15 is 0 Å². The van der Waals surface area contributed by atoms with Crippen LogP contribution in [0.5, 0.6) is 0 Å². The van der Waals surface area contributed by atoms with E-state index in [9.17, 15) is 18.8 Å². The normalized spacial score (nSPS) is 24.1. The fourth-order valence-electron chi connectivity index (χ4n) is 4.09. The number of hydrogen-bond donors (Lipinski definition) is 2. The van der Waals surface area contributed by atoms with Crippen LogP contribution in [0.2, 0.25) is 0 Å². The standard InChI is InChI=1S/C22H30FN3O4/c1-22(2,3)30-21(29)24-12-14-7-6-9-17(14)25-20(28)15-11-19(27)26(13-15)18-10-5-4-8-16(18)23/h4-5,8,10,14-15,17H,6-7,9,11-13H2,1-3H3,(H,24,29)(H,25,28)/t14-,15+,17-/m0/s1. The molecule has 8 heteroatoms. The number of rotatable bonds is 5. The highest BCUT2D eigenvalue weighted by Crippen LogP contribution is 2.29. The quantitative estimate of drug-likeness (QED) is 0.768. The molecule has 1 aromatic rings. The lowest BCUT2D eigenvalue weighted by Gasteiger charge is -2.24. The zero-order chi connectivity index (χ0) is 21.9. The Labute approximate surface area is 176 Å². The fraction of sp³-hybridized carbons (Fsp3) is 0.591. The third kappa shape index (κ3) is 5.49. The average Bonchev–Trinajstić information content (AvgIpc) is 3.25. The number of ether oxygens (including phenoxy) is 1. The van der Waals surface area contributed by atoms with E-state index in [0.29, 0.717) is 6.54 Å². The molecular weight excluding hydrogens is 389 g/mol. The number of hydrogen-bond acceptors (Lipinski definition) is 4. The Morgan fingerprint density at radius 3 is 2.67 bits per heavy atom. The van der Waals surface area contributed by atoms with Crippen LogP contribution in [0.25, 0.3) is 0 Å². The summed E-state index contributed by atoms with van der Waals surface area (Å²) in [6.07, 6.45) is 2.27. The Hall–Kier alpha value is -2.64. The van der Waals surface area contributed by atoms with Crippen LogP contribution in [0.4, 0.5) is 14.9 Å². The largest absolute Gasteiger partial charge is 0.444 e. The molecule has 0 unspecified atom stereocenters. The SMILES string of the molecule is CC(C)(C)OC(=O)NC[C@@H]1CCC[C@@H]1NC(=O)[C@@H]1CC(=O)N(c2ccccc2F)C1. The molecule has 1 aromatic carbocycles. The number of alkyl carbamates (subject to hydrolysis) is 1. The lowest BCUT2D eigenvalue weighted by Crippen LogP contribution is -2.45. The summed E-state index contributed by atoms with van der Waals surface area (Å²) < 4.78 is 19.3. The number of carbonyl (C=O) groups is 3. The molecule has 1 saturated carbocycles. The maximum absolute atomic E-state index is 14.0. The molecular formula is C22H30FN3O4. The molecule has 0 radical (unpaired) electrons. The summed E-state index contributed by atoms with van der Waals surface area (Å²) >= 11 is 0. The van der Waals surface area contributed by atoms with Crippen molar-refractivity contribution in [3.63, 3.8) is 0 Å². The van der Waals surface area contributed by atoms with Crippen molar-refractivity contribution in [3.05, 3.63) is 30.1 Å². The molecule has 0 aromatic heterocycles. The van der Waals surface area contributed by atoms with Crippen LogP contribution < -0.4 is 15.5 Å². The number of halogens is 1. The van der Waals surface area contributed by atoms with Crippen LogP contribution >= 0.6 is 0 Å². The number of carbonyl (C=O) groups excluding carboxylic acids is 3. The molecule has 2 N–H and O–H groups in total. The van der Waals surface area contributed by atoms with Crippen LogP contribution in [0.3, 0.4) is 0 Å². The number of anilines is 1. The van der Waals surface area contributed by atoms with Crippen LogP contribution in [-0.4, -0.2) is 42.6 Å². The minimum absolute atomic E-state index is 0.0632. The molecule has 30 heavy (non-hydrogen) atoms. The van der Waals surface area contributed by atoms with E-state index in [1.54, 1.807) is 39.0 Å². The molecule has 0 bridgehead atoms. The van der Waals surface area contributed by atoms with Gasteiger partial charge in [-0.25, -0.2) is 9.18 Å². The zero-order valence-corrected chi connectivity index (χ0v) is 17.7. The molecule has 1 saturated heterocycles. The third-order valence-electron chi connectivity index (χ3n) is 5.53. The summed E-state index contributed by atoms with van der Waals surface area (Å²) in [6, 6.07) is 6.01. The van der Waals surface area contributed by atoms with Gasteiger partial charge in [-0.1, -0.05) is 18.6 Å². The Morgan fingerprint density at radius 1 is 1.23 bits per heavy atom. The van der Waals surface area contributed by atoms with E-state index in [2.05, 4.69) is 10.6 Å². The molecule has 0 spiro atoms. The molecule has 1 heterocycles. The maximum Gasteiger partial charge on any atom is 0.407 e. The smallest absolute Gasteiger partial charge is 0.407 e. The van der Waals surface area contributed by atoms with Gasteiger partial charge >= 0.3 is 6.09 Å². The average molecular weight is 419 g/mol. The second kappa shape index (κ2) is 9.02. The van der Waals surface area contributed by atoms with E-state index < -0.39 is 23.4 Å². The number of nitrogens with one attached hydrogen (secondary N) is 2. The minimum atomic E-state index is -0.563. The van der Waals surface area contributed by atoms with Crippen LogP contribution in [0.1, 0.15) is 46.5 Å². The molecule has 2 aliphatic rings. The van der Waals surface area contributed by atoms with Crippen LogP contribution in [0.15, 0.2) is 24.3 Å². The van der Waals surface area contributed by atoms with Crippen molar-refractivity contribution in [1.82, 2.24) is 10.6 Å². The van der Waals surface area contributed by atoms with Gasteiger partial charge in [0.15, 0.2) is 0 Å². The highest BCUT2D eigenvalue weighted by molar-refractivity contribution is 6.00. The lowest BCUT2D eigenvalue weighted by atomic mass is 10.0. The predicted octanol–water partition coefficient (Wildman–Crippen LogP) is 2.99. The van der Waals surface area contributed by atoms with Crippen molar-refractivity contribution < 1.29 is 23.5 Å². The van der Waals surface area contributed by atoms with Gasteiger partial charge in [0.25, 0.3) is 0 Å². The van der Waals surface area contributed by atoms with Gasteiger partial charge in [0.1, 0.15) is 11.4 Å². The van der Waals surface area contributed by atoms with Crippen LogP contribution in [-0.2, 0) is 14.3 Å². The summed E-state index contributed by atoms with van der Waals surface area (Å²) in [7, 11) is 0. The van der Waals surface area contributed by atoms with Gasteiger partial charge in [-0.15, -0.1) is 0 Å². The van der Waals surface area contributed by atoms with Crippen molar-refractivity contribution in [2.24, 2.45) is 11.8 Å². The Kier molecular flexibility index (Phi) is 6.63. The van der Waals surface area contributed by atoms with Gasteiger partial charge in [0.05, 0.1) is 11.6 Å². The first-order valence-electron chi connectivity index (χ1n) is 10.5. The van der Waals surface area contributed by atoms with E-state index in [-0.39, 0.29) is 42.4 Å². The predicted molar refractivity (Wildman–Crippen MR) is 110 cm³/mol. The second-order valence-corrected chi connectivity index (χ2v) is 9.05. The second-order valence-electron chi connectivity index (χ2n) is 9.05. The molecule has 1 aliphatic carbocycles. The molecule has 3 rings (SSSR count). The molecule has 3 atom stereocenters. The molecule has 7 nitrogen and oxygen atoms in total. The van der Waals surface area contributed by atoms with Crippen molar-refractivity contribution >= 4 is 23.6 Å². The fourth-order valence-corrected chi connectivity index (χ4v) is 4.09. The summed E-state index contributed by atoms with van der Waals surface area (Å²) in [5.74, 6) is -1.33. The van der Waals surface area contributed by atoms with Gasteiger partial charge in [-0.3, -0.25) is 9.59 Å². The minimum Gasteiger partial charge on any atom is -0.444 e. The Balaban J connectivity index is 1.53. The van der Waals surface area contributed by atoms with Gasteiger partial charge in [0.2, 0.25) is 11.8 Å². The van der Waals surface area contributed by atoms with E-state index in [1.807, 2.05) is 0 Å². The first-order valence-corrected chi connectivity index (χ1v) is 10.5. The van der Waals surface area contributed by atoms with Crippen molar-refractivity contribution in [1.29, 1.82) is 0 Å². The van der Waals surface area contributed by atoms with E-state index in [1.165, 1.54) is 11.0 Å². The third-order valence-corrected chi connectivity index (χ3v) is 5.53. The summed E-state index contributed by atoms with van der Waals surface area (Å²) in [5.41, 5.74) is -0.356. The summed E-state index contributed by atoms with van der Waals surface area (Å²) in [6.45, 7) is 6.00. The number of amides is 3. The van der Waals surface area contributed by atoms with E-state index in [4.69, 9.17) is 4.74 Å². The number of nitrogens with zero attached hydrogens (tertiary/aromatic N) is 1. The number of para-hydroxylation sites is 1. The highest BCUT2D eigenvalue weighted by Gasteiger charge is 2.38. The topological polar surface area (TPSA) is 87.7 Å². The van der Waals surface area contributed by atoms with Crippen molar-refractivity contribution in [2.45, 2.75) is 58.1 Å². The molecule has 1 aliphatic heterocycles. The summed E-state index contributed by atoms with van der Waals surface area (Å²) in [4.78, 5) is 38.4. The zero-order valence-electron chi connectivity index (χ0n) is 17.7. The molecule has 3 amide bonds. The Morgan fingerprint density at radius 2 is 1.97 bits per heavy atom.